The molecule has 6 nitrogen and oxygen atoms in total. The van der Waals surface area contributed by atoms with Gasteiger partial charge >= 0.3 is 0 Å². The van der Waals surface area contributed by atoms with Crippen LogP contribution in [0.15, 0.2) is 161 Å². The SMILES string of the molecule is O=S(=O)(O)c1ccc(-c2ccc(P(c3ccc(-c4ccccc4)cc3)c3ccc(-c4ccc(S(=O)(=O)O)cc4)cc3)cc2)cc1. The molecule has 6 aromatic carbocycles. The summed E-state index contributed by atoms with van der Waals surface area (Å²) in [5, 5.41) is 3.42. The van der Waals surface area contributed by atoms with Gasteiger partial charge in [-0.15, -0.1) is 0 Å². The van der Waals surface area contributed by atoms with E-state index in [1.807, 2.05) is 42.5 Å². The topological polar surface area (TPSA) is 109 Å². The second-order valence-corrected chi connectivity index (χ2v) is 15.4. The monoisotopic (exact) mass is 650 g/mol. The van der Waals surface area contributed by atoms with Crippen molar-refractivity contribution in [2.24, 2.45) is 0 Å². The lowest BCUT2D eigenvalue weighted by atomic mass is 10.1. The van der Waals surface area contributed by atoms with Gasteiger partial charge in [0, 0.05) is 0 Å². The zero-order valence-electron chi connectivity index (χ0n) is 23.7. The molecule has 2 N–H and O–H groups in total. The van der Waals surface area contributed by atoms with Crippen molar-refractivity contribution < 1.29 is 25.9 Å². The molecule has 45 heavy (non-hydrogen) atoms. The van der Waals surface area contributed by atoms with E-state index in [9.17, 15) is 25.9 Å². The molecule has 9 heteroatoms. The maximum atomic E-state index is 11.4. The van der Waals surface area contributed by atoms with Crippen molar-refractivity contribution in [3.05, 3.63) is 152 Å². The minimum atomic E-state index is -4.26. The normalized spacial score (nSPS) is 11.9. The fourth-order valence-electron chi connectivity index (χ4n) is 5.13. The van der Waals surface area contributed by atoms with Gasteiger partial charge in [0.15, 0.2) is 0 Å². The van der Waals surface area contributed by atoms with Crippen LogP contribution in [0.2, 0.25) is 0 Å². The molecule has 0 fully saturated rings. The van der Waals surface area contributed by atoms with E-state index in [-0.39, 0.29) is 9.79 Å². The summed E-state index contributed by atoms with van der Waals surface area (Å²) in [6.45, 7) is 0. The molecule has 0 aromatic heterocycles. The van der Waals surface area contributed by atoms with Crippen LogP contribution in [0.4, 0.5) is 0 Å². The maximum absolute atomic E-state index is 11.4. The van der Waals surface area contributed by atoms with Crippen molar-refractivity contribution in [3.63, 3.8) is 0 Å². The molecule has 0 aliphatic heterocycles. The summed E-state index contributed by atoms with van der Waals surface area (Å²) in [7, 11) is -9.48. The van der Waals surface area contributed by atoms with Gasteiger partial charge in [0.05, 0.1) is 9.79 Å². The molecule has 0 radical (unpaired) electrons. The lowest BCUT2D eigenvalue weighted by Gasteiger charge is -2.21. The standard InChI is InChI=1S/C36H27O6PS2/c37-44(38,39)35-22-12-30(13-23-35)28-8-18-33(19-9-28)43(32-16-6-27(7-17-32)26-4-2-1-3-5-26)34-20-10-29(11-21-34)31-14-24-36(25-15-31)45(40,41)42/h1-25H,(H,37,38,39)(H,40,41,42). The third-order valence-electron chi connectivity index (χ3n) is 7.45. The van der Waals surface area contributed by atoms with Crippen LogP contribution in [-0.4, -0.2) is 25.9 Å². The molecular formula is C36H27O6PS2. The highest BCUT2D eigenvalue weighted by Crippen LogP contribution is 2.35. The summed E-state index contributed by atoms with van der Waals surface area (Å²) in [5.74, 6) is 0. The fourth-order valence-corrected chi connectivity index (χ4v) is 8.32. The van der Waals surface area contributed by atoms with Gasteiger partial charge in [0.2, 0.25) is 0 Å². The molecule has 224 valence electrons. The fraction of sp³-hybridized carbons (Fsp3) is 0. The molecule has 0 bridgehead atoms. The highest BCUT2D eigenvalue weighted by molar-refractivity contribution is 7.86. The number of rotatable bonds is 8. The Morgan fingerprint density at radius 2 is 0.578 bits per heavy atom. The molecule has 0 saturated heterocycles. The van der Waals surface area contributed by atoms with Gasteiger partial charge in [-0.3, -0.25) is 9.11 Å². The lowest BCUT2D eigenvalue weighted by molar-refractivity contribution is 0.481. The van der Waals surface area contributed by atoms with Crippen molar-refractivity contribution in [2.45, 2.75) is 9.79 Å². The van der Waals surface area contributed by atoms with Crippen LogP contribution in [0.5, 0.6) is 0 Å². The first-order valence-electron chi connectivity index (χ1n) is 13.9. The minimum absolute atomic E-state index is 0.150. The van der Waals surface area contributed by atoms with Crippen molar-refractivity contribution in [2.75, 3.05) is 0 Å². The van der Waals surface area contributed by atoms with Crippen LogP contribution >= 0.6 is 7.92 Å². The van der Waals surface area contributed by atoms with E-state index in [2.05, 4.69) is 60.7 Å². The summed E-state index contributed by atoms with van der Waals surface area (Å²) in [6, 6.07) is 47.4. The quantitative estimate of drug-likeness (QED) is 0.137. The van der Waals surface area contributed by atoms with Gasteiger partial charge in [-0.05, 0) is 81.5 Å². The van der Waals surface area contributed by atoms with E-state index in [1.54, 1.807) is 24.3 Å². The van der Waals surface area contributed by atoms with Crippen LogP contribution in [0.3, 0.4) is 0 Å². The number of benzene rings is 6. The molecule has 0 aliphatic rings. The van der Waals surface area contributed by atoms with Gasteiger partial charge in [-0.25, -0.2) is 0 Å². The van der Waals surface area contributed by atoms with Crippen LogP contribution in [0, 0.1) is 0 Å². The molecule has 0 heterocycles. The molecule has 0 saturated carbocycles. The van der Waals surface area contributed by atoms with E-state index in [1.165, 1.54) is 29.6 Å². The smallest absolute Gasteiger partial charge is 0.282 e. The summed E-state index contributed by atoms with van der Waals surface area (Å²) in [6.07, 6.45) is 0. The molecule has 0 unspecified atom stereocenters. The van der Waals surface area contributed by atoms with Crippen molar-refractivity contribution in [1.82, 2.24) is 0 Å². The molecule has 0 aliphatic carbocycles. The Morgan fingerprint density at radius 1 is 0.333 bits per heavy atom. The second kappa shape index (κ2) is 12.5. The first-order chi connectivity index (χ1) is 21.6. The van der Waals surface area contributed by atoms with E-state index >= 15 is 0 Å². The second-order valence-electron chi connectivity index (χ2n) is 10.3. The summed E-state index contributed by atoms with van der Waals surface area (Å²) >= 11 is 0. The Kier molecular flexibility index (Phi) is 8.51. The van der Waals surface area contributed by atoms with Crippen molar-refractivity contribution in [3.8, 4) is 33.4 Å². The third-order valence-corrected chi connectivity index (χ3v) is 11.6. The van der Waals surface area contributed by atoms with E-state index in [4.69, 9.17) is 0 Å². The zero-order chi connectivity index (χ0) is 31.6. The van der Waals surface area contributed by atoms with Crippen molar-refractivity contribution in [1.29, 1.82) is 0 Å². The van der Waals surface area contributed by atoms with Gasteiger partial charge in [-0.1, -0.05) is 127 Å². The Hall–Kier alpha value is -4.43. The average Bonchev–Trinajstić information content (AvgIpc) is 3.06. The Balaban J connectivity index is 1.35. The number of hydrogen-bond acceptors (Lipinski definition) is 4. The van der Waals surface area contributed by atoms with Gasteiger partial charge < -0.3 is 0 Å². The first kappa shape index (κ1) is 30.6. The zero-order valence-corrected chi connectivity index (χ0v) is 26.3. The molecule has 0 atom stereocenters. The largest absolute Gasteiger partial charge is 0.294 e. The Morgan fingerprint density at radius 3 is 0.844 bits per heavy atom. The minimum Gasteiger partial charge on any atom is -0.282 e. The van der Waals surface area contributed by atoms with Crippen LogP contribution < -0.4 is 15.9 Å². The third kappa shape index (κ3) is 6.96. The summed E-state index contributed by atoms with van der Waals surface area (Å²) < 4.78 is 64.4. The average molecular weight is 651 g/mol. The van der Waals surface area contributed by atoms with E-state index < -0.39 is 28.2 Å². The van der Waals surface area contributed by atoms with Gasteiger partial charge in [-0.2, -0.15) is 16.8 Å². The van der Waals surface area contributed by atoms with Crippen molar-refractivity contribution >= 4 is 44.1 Å². The molecule has 0 spiro atoms. The van der Waals surface area contributed by atoms with E-state index in [0.717, 1.165) is 44.0 Å². The summed E-state index contributed by atoms with van der Waals surface area (Å²) in [5.41, 5.74) is 5.76. The predicted molar refractivity (Wildman–Crippen MR) is 181 cm³/mol. The highest BCUT2D eigenvalue weighted by atomic mass is 32.2. The lowest BCUT2D eigenvalue weighted by Crippen LogP contribution is -2.20. The number of hydrogen-bond donors (Lipinski definition) is 2. The van der Waals surface area contributed by atoms with Crippen LogP contribution in [-0.2, 0) is 20.2 Å². The summed E-state index contributed by atoms with van der Waals surface area (Å²) in [4.78, 5) is -0.300. The van der Waals surface area contributed by atoms with Crippen LogP contribution in [0.1, 0.15) is 0 Å². The Labute approximate surface area is 263 Å². The molecule has 6 rings (SSSR count). The highest BCUT2D eigenvalue weighted by Gasteiger charge is 2.18. The maximum Gasteiger partial charge on any atom is 0.294 e. The van der Waals surface area contributed by atoms with Gasteiger partial charge in [0.25, 0.3) is 20.2 Å². The molecular weight excluding hydrogens is 623 g/mol. The molecule has 0 amide bonds. The molecule has 6 aromatic rings. The van der Waals surface area contributed by atoms with Gasteiger partial charge in [0.1, 0.15) is 0 Å². The van der Waals surface area contributed by atoms with Crippen LogP contribution in [0.25, 0.3) is 33.4 Å². The first-order valence-corrected chi connectivity index (χ1v) is 18.1. The van der Waals surface area contributed by atoms with E-state index in [0.29, 0.717) is 0 Å². The predicted octanol–water partition coefficient (Wildman–Crippen LogP) is 6.94. The Bertz CT molecular complexity index is 2030.